The number of imide groups is 2. The van der Waals surface area contributed by atoms with Gasteiger partial charge < -0.3 is 44.5 Å². The van der Waals surface area contributed by atoms with Gasteiger partial charge in [0.25, 0.3) is 11.8 Å². The van der Waals surface area contributed by atoms with E-state index in [9.17, 15) is 34.2 Å². The molecular formula is C48H54N4O12. The number of aromatic hydroxyl groups is 2. The number of benzene rings is 4. The fraction of sp³-hybridized carbons (Fsp3) is 0.354. The summed E-state index contributed by atoms with van der Waals surface area (Å²) in [6, 6.07) is 25.8. The molecule has 5 amide bonds. The molecule has 4 aromatic carbocycles. The van der Waals surface area contributed by atoms with Crippen LogP contribution in [0.3, 0.4) is 0 Å². The molecule has 0 radical (unpaired) electrons. The zero-order valence-electron chi connectivity index (χ0n) is 35.8. The van der Waals surface area contributed by atoms with Crippen molar-refractivity contribution in [3.63, 3.8) is 0 Å². The molecule has 2 aliphatic rings. The second-order valence-electron chi connectivity index (χ2n) is 14.8. The summed E-state index contributed by atoms with van der Waals surface area (Å²) >= 11 is 0. The fourth-order valence-corrected chi connectivity index (χ4v) is 7.34. The summed E-state index contributed by atoms with van der Waals surface area (Å²) < 4.78 is 28.1. The highest BCUT2D eigenvalue weighted by Gasteiger charge is 2.45. The minimum Gasteiger partial charge on any atom is -0.508 e. The van der Waals surface area contributed by atoms with Gasteiger partial charge in [0.1, 0.15) is 29.9 Å². The molecule has 0 saturated carbocycles. The molecule has 2 aliphatic heterocycles. The Morgan fingerprint density at radius 3 is 1.88 bits per heavy atom. The highest BCUT2D eigenvalue weighted by Crippen LogP contribution is 2.36. The van der Waals surface area contributed by atoms with Crippen LogP contribution in [-0.2, 0) is 33.3 Å². The minimum atomic E-state index is -1.03. The molecule has 4 aromatic rings. The van der Waals surface area contributed by atoms with Crippen molar-refractivity contribution in [1.82, 2.24) is 15.5 Å². The van der Waals surface area contributed by atoms with E-state index >= 15 is 0 Å². The molecule has 1 atom stereocenters. The average molecular weight is 879 g/mol. The summed E-state index contributed by atoms with van der Waals surface area (Å²) in [6.07, 6.45) is 1.09. The van der Waals surface area contributed by atoms with E-state index in [1.54, 1.807) is 42.5 Å². The van der Waals surface area contributed by atoms with E-state index in [2.05, 4.69) is 22.9 Å². The molecule has 0 aromatic heterocycles. The maximum atomic E-state index is 13.2. The van der Waals surface area contributed by atoms with Crippen molar-refractivity contribution in [3.05, 3.63) is 119 Å². The number of nitrogens with one attached hydrogen (secondary N) is 3. The van der Waals surface area contributed by atoms with Crippen molar-refractivity contribution in [2.75, 3.05) is 77.9 Å². The number of hydrogen-bond donors (Lipinski definition) is 5. The molecular weight excluding hydrogens is 825 g/mol. The maximum Gasteiger partial charge on any atom is 0.264 e. The number of anilines is 1. The van der Waals surface area contributed by atoms with Crippen molar-refractivity contribution in [1.29, 1.82) is 0 Å². The smallest absolute Gasteiger partial charge is 0.264 e. The van der Waals surface area contributed by atoms with Crippen LogP contribution in [0.2, 0.25) is 0 Å². The maximum absolute atomic E-state index is 13.2. The zero-order valence-corrected chi connectivity index (χ0v) is 35.8. The van der Waals surface area contributed by atoms with Gasteiger partial charge in [-0.1, -0.05) is 49.4 Å². The van der Waals surface area contributed by atoms with Crippen molar-refractivity contribution in [2.45, 2.75) is 38.6 Å². The van der Waals surface area contributed by atoms with Gasteiger partial charge in [-0.2, -0.15) is 0 Å². The molecule has 1 fully saturated rings. The fourth-order valence-electron chi connectivity index (χ4n) is 7.34. The molecule has 338 valence electrons. The number of fused-ring (bicyclic) bond motifs is 1. The number of hydrogen-bond acceptors (Lipinski definition) is 13. The van der Waals surface area contributed by atoms with E-state index in [1.165, 1.54) is 0 Å². The van der Waals surface area contributed by atoms with Crippen LogP contribution in [0.5, 0.6) is 17.2 Å². The Bertz CT molecular complexity index is 2260. The predicted molar refractivity (Wildman–Crippen MR) is 237 cm³/mol. The molecule has 16 nitrogen and oxygen atoms in total. The van der Waals surface area contributed by atoms with Crippen LogP contribution in [0, 0.1) is 0 Å². The third kappa shape index (κ3) is 12.8. The lowest BCUT2D eigenvalue weighted by molar-refractivity contribution is -0.136. The number of phenolic OH excluding ortho intramolecular Hbond substituents is 2. The lowest BCUT2D eigenvalue weighted by atomic mass is 9.88. The summed E-state index contributed by atoms with van der Waals surface area (Å²) in [5.74, 6) is -1.32. The molecule has 64 heavy (non-hydrogen) atoms. The van der Waals surface area contributed by atoms with Gasteiger partial charge in [0.2, 0.25) is 17.7 Å². The van der Waals surface area contributed by atoms with Crippen LogP contribution in [0.15, 0.2) is 91.0 Å². The third-order valence-electron chi connectivity index (χ3n) is 10.5. The van der Waals surface area contributed by atoms with Crippen molar-refractivity contribution < 1.29 is 57.9 Å². The van der Waals surface area contributed by atoms with Gasteiger partial charge in [0.05, 0.1) is 70.5 Å². The summed E-state index contributed by atoms with van der Waals surface area (Å²) in [5.41, 5.74) is 5.87. The summed E-state index contributed by atoms with van der Waals surface area (Å²) in [7, 11) is 0. The number of allylic oxidation sites excluding steroid dienone is 1. The van der Waals surface area contributed by atoms with Gasteiger partial charge in [-0.3, -0.25) is 34.2 Å². The number of ether oxygens (including phenoxy) is 5. The number of piperidine rings is 1. The van der Waals surface area contributed by atoms with E-state index in [0.29, 0.717) is 77.4 Å². The molecule has 0 spiro atoms. The van der Waals surface area contributed by atoms with Crippen LogP contribution in [0.1, 0.15) is 70.0 Å². The number of carbonyl (C=O) groups is 5. The van der Waals surface area contributed by atoms with Crippen LogP contribution < -0.4 is 20.7 Å². The van der Waals surface area contributed by atoms with E-state index < -0.39 is 29.7 Å². The van der Waals surface area contributed by atoms with Gasteiger partial charge in [0, 0.05) is 25.1 Å². The Hall–Kier alpha value is -6.59. The number of carbonyl (C=O) groups excluding carboxylic acids is 5. The molecule has 0 bridgehead atoms. The first-order valence-electron chi connectivity index (χ1n) is 21.4. The monoisotopic (exact) mass is 878 g/mol. The Morgan fingerprint density at radius 2 is 1.27 bits per heavy atom. The van der Waals surface area contributed by atoms with Crippen LogP contribution in [-0.4, -0.2) is 123 Å². The molecule has 0 aliphatic carbocycles. The van der Waals surface area contributed by atoms with E-state index in [4.69, 9.17) is 23.7 Å². The first-order chi connectivity index (χ1) is 31.1. The summed E-state index contributed by atoms with van der Waals surface area (Å²) in [6.45, 7) is 5.74. The normalized spacial score (nSPS) is 15.1. The molecule has 16 heteroatoms. The zero-order chi connectivity index (χ0) is 45.3. The average Bonchev–Trinajstić information content (AvgIpc) is 3.55. The summed E-state index contributed by atoms with van der Waals surface area (Å²) in [4.78, 5) is 63.3. The molecule has 1 saturated heterocycles. The third-order valence-corrected chi connectivity index (χ3v) is 10.5. The summed E-state index contributed by atoms with van der Waals surface area (Å²) in [5, 5.41) is 27.9. The quantitative estimate of drug-likeness (QED) is 0.0340. The predicted octanol–water partition coefficient (Wildman–Crippen LogP) is 4.93. The van der Waals surface area contributed by atoms with Crippen molar-refractivity contribution >= 4 is 46.4 Å². The lowest BCUT2D eigenvalue weighted by Crippen LogP contribution is -2.54. The highest BCUT2D eigenvalue weighted by molar-refractivity contribution is 6.25. The van der Waals surface area contributed by atoms with Gasteiger partial charge in [-0.15, -0.1) is 0 Å². The van der Waals surface area contributed by atoms with Gasteiger partial charge in [-0.05, 0) is 89.2 Å². The molecule has 1 unspecified atom stereocenters. The van der Waals surface area contributed by atoms with E-state index in [1.807, 2.05) is 48.5 Å². The van der Waals surface area contributed by atoms with Gasteiger partial charge >= 0.3 is 0 Å². The Kier molecular flexibility index (Phi) is 17.4. The minimum absolute atomic E-state index is 0.0533. The van der Waals surface area contributed by atoms with Crippen molar-refractivity contribution in [2.24, 2.45) is 0 Å². The number of rotatable bonds is 25. The SMILES string of the molecule is CCC(=C(c1ccc(O)cc1)c1ccc(OCCNC(=O)CCOCCOCCOCCOCCNc2cccc3c2C(=O)N(C2CCC(=O)NC2=O)C3=O)cc1)c1ccc(O)cc1. The molecule has 5 N–H and O–H groups in total. The van der Waals surface area contributed by atoms with Crippen molar-refractivity contribution in [3.8, 4) is 17.2 Å². The standard InChI is InChI=1S/C48H54N4O12/c1-2-38(32-6-12-35(53)13-7-32)44(33-8-14-36(54)15-9-33)34-10-16-37(17-11-34)64-25-22-50-42(55)20-23-60-26-28-62-30-31-63-29-27-61-24-21-49-40-5-3-4-39-45(40)48(59)52(47(39)58)41-18-19-43(56)51-46(41)57/h3-17,41,49,53-54H,2,18-31H2,1H3,(H,50,55)(H,51,56,57). The topological polar surface area (TPSA) is 211 Å². The number of nitrogens with zero attached hydrogens (tertiary/aromatic N) is 1. The van der Waals surface area contributed by atoms with E-state index in [-0.39, 0.29) is 54.4 Å². The van der Waals surface area contributed by atoms with E-state index in [0.717, 1.165) is 39.2 Å². The Labute approximate surface area is 371 Å². The second kappa shape index (κ2) is 23.7. The molecule has 6 rings (SSSR count). The first-order valence-corrected chi connectivity index (χ1v) is 21.4. The first kappa shape index (κ1) is 46.9. The van der Waals surface area contributed by atoms with Gasteiger partial charge in [-0.25, -0.2) is 0 Å². The Balaban J connectivity index is 0.774. The highest BCUT2D eigenvalue weighted by atomic mass is 16.6. The number of amides is 5. The van der Waals surface area contributed by atoms with Crippen LogP contribution in [0.25, 0.3) is 11.1 Å². The largest absolute Gasteiger partial charge is 0.508 e. The second-order valence-corrected chi connectivity index (χ2v) is 14.8. The van der Waals surface area contributed by atoms with Crippen LogP contribution >= 0.6 is 0 Å². The lowest BCUT2D eigenvalue weighted by Gasteiger charge is -2.27. The molecule has 2 heterocycles. The number of phenols is 2. The van der Waals surface area contributed by atoms with Crippen LogP contribution in [0.4, 0.5) is 5.69 Å². The Morgan fingerprint density at radius 1 is 0.688 bits per heavy atom. The van der Waals surface area contributed by atoms with Gasteiger partial charge in [0.15, 0.2) is 0 Å².